The van der Waals surface area contributed by atoms with Crippen LogP contribution in [0.4, 0.5) is 0 Å². The molecule has 0 aliphatic carbocycles. The van der Waals surface area contributed by atoms with Crippen LogP contribution in [0.1, 0.15) is 19.3 Å². The summed E-state index contributed by atoms with van der Waals surface area (Å²) in [6.07, 6.45) is 6.00. The Labute approximate surface area is 43.2 Å². The minimum absolute atomic E-state index is 0.771. The zero-order valence-corrected chi connectivity index (χ0v) is 4.18. The van der Waals surface area contributed by atoms with Crippen LogP contribution in [-0.4, -0.2) is 12.8 Å². The van der Waals surface area contributed by atoms with E-state index in [4.69, 9.17) is 4.84 Å². The van der Waals surface area contributed by atoms with Crippen LogP contribution in [0, 0.1) is 0 Å². The van der Waals surface area contributed by atoms with Crippen LogP contribution >= 0.6 is 0 Å². The summed E-state index contributed by atoms with van der Waals surface area (Å²) in [6.45, 7) is 0.771. The van der Waals surface area contributed by atoms with E-state index in [1.165, 1.54) is 6.42 Å². The fraction of sp³-hybridized carbons (Fsp3) is 0.800. The molecule has 0 aromatic heterocycles. The Bertz CT molecular complexity index is 62.5. The van der Waals surface area contributed by atoms with Crippen LogP contribution in [0.2, 0.25) is 0 Å². The molecule has 1 heterocycles. The summed E-state index contributed by atoms with van der Waals surface area (Å²) in [5.74, 6) is 0. The van der Waals surface area contributed by atoms with E-state index in [9.17, 15) is 0 Å². The molecule has 0 fully saturated rings. The van der Waals surface area contributed by atoms with Crippen molar-refractivity contribution in [1.82, 2.24) is 0 Å². The Kier molecular flexibility index (Phi) is 1.72. The fourth-order valence-corrected chi connectivity index (χ4v) is 0.508. The molecule has 1 aliphatic heterocycles. The van der Waals surface area contributed by atoms with E-state index in [1.54, 1.807) is 0 Å². The minimum Gasteiger partial charge on any atom is -0.396 e. The Balaban J connectivity index is 2.20. The van der Waals surface area contributed by atoms with Crippen LogP contribution < -0.4 is 0 Å². The lowest BCUT2D eigenvalue weighted by Crippen LogP contribution is -1.81. The van der Waals surface area contributed by atoms with Crippen molar-refractivity contribution in [3.05, 3.63) is 0 Å². The van der Waals surface area contributed by atoms with Gasteiger partial charge in [-0.05, 0) is 19.3 Å². The first-order valence-corrected chi connectivity index (χ1v) is 2.55. The molecule has 0 aromatic carbocycles. The number of rotatable bonds is 0. The lowest BCUT2D eigenvalue weighted by atomic mass is 10.3. The maximum Gasteiger partial charge on any atom is 0.117 e. The molecule has 1 aliphatic rings. The van der Waals surface area contributed by atoms with E-state index < -0.39 is 0 Å². The van der Waals surface area contributed by atoms with Crippen LogP contribution in [0.5, 0.6) is 0 Å². The van der Waals surface area contributed by atoms with Gasteiger partial charge in [-0.25, -0.2) is 0 Å². The molecule has 0 N–H and O–H groups in total. The Hall–Kier alpha value is -0.530. The number of nitrogens with zero attached hydrogens (tertiary/aromatic N) is 1. The van der Waals surface area contributed by atoms with Crippen molar-refractivity contribution in [1.29, 1.82) is 0 Å². The van der Waals surface area contributed by atoms with Gasteiger partial charge in [-0.1, -0.05) is 5.16 Å². The summed E-state index contributed by atoms with van der Waals surface area (Å²) in [5.41, 5.74) is 0. The molecule has 0 aromatic rings. The second-order valence-corrected chi connectivity index (χ2v) is 1.54. The first kappa shape index (κ1) is 4.62. The molecule has 1 radical (unpaired) electrons. The molecule has 0 unspecified atom stereocenters. The predicted octanol–water partition coefficient (Wildman–Crippen LogP) is 1.05. The molecule has 0 atom stereocenters. The summed E-state index contributed by atoms with van der Waals surface area (Å²) in [5, 5.41) is 3.52. The third kappa shape index (κ3) is 1.57. The predicted molar refractivity (Wildman–Crippen MR) is 27.2 cm³/mol. The Morgan fingerprint density at radius 1 is 1.43 bits per heavy atom. The van der Waals surface area contributed by atoms with Crippen LogP contribution in [-0.2, 0) is 4.84 Å². The third-order valence-electron chi connectivity index (χ3n) is 0.903. The smallest absolute Gasteiger partial charge is 0.117 e. The highest BCUT2D eigenvalue weighted by Crippen LogP contribution is 1.97. The van der Waals surface area contributed by atoms with Crippen molar-refractivity contribution in [3.63, 3.8) is 0 Å². The van der Waals surface area contributed by atoms with Crippen LogP contribution in [0.25, 0.3) is 0 Å². The summed E-state index contributed by atoms with van der Waals surface area (Å²) in [6, 6.07) is 0. The highest BCUT2D eigenvalue weighted by Gasteiger charge is 1.90. The summed E-state index contributed by atoms with van der Waals surface area (Å²) in [7, 11) is 0. The normalized spacial score (nSPS) is 20.6. The Morgan fingerprint density at radius 2 is 2.43 bits per heavy atom. The zero-order valence-electron chi connectivity index (χ0n) is 4.18. The van der Waals surface area contributed by atoms with E-state index in [-0.39, 0.29) is 0 Å². The minimum atomic E-state index is 0.771. The van der Waals surface area contributed by atoms with Gasteiger partial charge in [0.2, 0.25) is 0 Å². The molecule has 0 bridgehead atoms. The van der Waals surface area contributed by atoms with E-state index in [0.717, 1.165) is 19.4 Å². The first-order chi connectivity index (χ1) is 3.50. The molecule has 0 amide bonds. The van der Waals surface area contributed by atoms with Crippen molar-refractivity contribution < 1.29 is 4.84 Å². The number of hydrogen-bond acceptors (Lipinski definition) is 2. The monoisotopic (exact) mass is 98.1 g/mol. The molecule has 7 heavy (non-hydrogen) atoms. The van der Waals surface area contributed by atoms with Crippen molar-refractivity contribution in [3.8, 4) is 0 Å². The highest BCUT2D eigenvalue weighted by molar-refractivity contribution is 5.56. The van der Waals surface area contributed by atoms with Crippen LogP contribution in [0.3, 0.4) is 0 Å². The van der Waals surface area contributed by atoms with Gasteiger partial charge in [-0.3, -0.25) is 0 Å². The molecule has 0 saturated heterocycles. The van der Waals surface area contributed by atoms with E-state index in [2.05, 4.69) is 11.4 Å². The third-order valence-corrected chi connectivity index (χ3v) is 0.903. The molecular weight excluding hydrogens is 90.1 g/mol. The maximum absolute atomic E-state index is 4.71. The maximum atomic E-state index is 4.71. The summed E-state index contributed by atoms with van der Waals surface area (Å²) >= 11 is 0. The average Bonchev–Trinajstić information content (AvgIpc) is 1.90. The van der Waals surface area contributed by atoms with Gasteiger partial charge >= 0.3 is 0 Å². The topological polar surface area (TPSA) is 21.6 Å². The van der Waals surface area contributed by atoms with Crippen molar-refractivity contribution in [2.24, 2.45) is 5.16 Å². The lowest BCUT2D eigenvalue weighted by molar-refractivity contribution is 0.147. The van der Waals surface area contributed by atoms with Crippen molar-refractivity contribution in [2.45, 2.75) is 19.3 Å². The molecule has 2 nitrogen and oxygen atoms in total. The van der Waals surface area contributed by atoms with E-state index in [1.807, 2.05) is 0 Å². The quantitative estimate of drug-likeness (QED) is 0.443. The Morgan fingerprint density at radius 3 is 3.43 bits per heavy atom. The van der Waals surface area contributed by atoms with Crippen molar-refractivity contribution in [2.75, 3.05) is 6.61 Å². The molecule has 1 rings (SSSR count). The van der Waals surface area contributed by atoms with E-state index >= 15 is 0 Å². The van der Waals surface area contributed by atoms with Crippen LogP contribution in [0.15, 0.2) is 5.16 Å². The highest BCUT2D eigenvalue weighted by atomic mass is 16.6. The first-order valence-electron chi connectivity index (χ1n) is 2.55. The molecule has 39 valence electrons. The SMILES string of the molecule is [C]1=NOCCCC1. The summed E-state index contributed by atoms with van der Waals surface area (Å²) < 4.78 is 0. The number of hydrogen-bond donors (Lipinski definition) is 0. The largest absolute Gasteiger partial charge is 0.396 e. The molecule has 0 spiro atoms. The molecular formula is C5H8NO. The van der Waals surface area contributed by atoms with Gasteiger partial charge in [-0.15, -0.1) is 0 Å². The van der Waals surface area contributed by atoms with Gasteiger partial charge in [0.1, 0.15) is 12.8 Å². The van der Waals surface area contributed by atoms with Gasteiger partial charge in [-0.2, -0.15) is 0 Å². The van der Waals surface area contributed by atoms with E-state index in [0.29, 0.717) is 0 Å². The van der Waals surface area contributed by atoms with Crippen molar-refractivity contribution >= 4 is 6.21 Å². The fourth-order valence-electron chi connectivity index (χ4n) is 0.508. The summed E-state index contributed by atoms with van der Waals surface area (Å²) in [4.78, 5) is 4.71. The van der Waals surface area contributed by atoms with Gasteiger partial charge in [0, 0.05) is 0 Å². The zero-order chi connectivity index (χ0) is 4.95. The van der Waals surface area contributed by atoms with Gasteiger partial charge in [0.25, 0.3) is 0 Å². The molecule has 0 saturated carbocycles. The standard InChI is InChI=1S/C5H8NO/c1-2-4-6-7-5-3-1/h1-3,5H2. The average molecular weight is 98.1 g/mol. The van der Waals surface area contributed by atoms with Gasteiger partial charge in [0.05, 0.1) is 0 Å². The second-order valence-electron chi connectivity index (χ2n) is 1.54. The van der Waals surface area contributed by atoms with Gasteiger partial charge < -0.3 is 4.84 Å². The lowest BCUT2D eigenvalue weighted by Gasteiger charge is -1.88. The van der Waals surface area contributed by atoms with Gasteiger partial charge in [0.15, 0.2) is 0 Å². The second kappa shape index (κ2) is 2.61. The molecule has 2 heteroatoms.